The summed E-state index contributed by atoms with van der Waals surface area (Å²) in [6, 6.07) is 30.4. The van der Waals surface area contributed by atoms with Gasteiger partial charge in [-0.15, -0.1) is 11.3 Å². The Morgan fingerprint density at radius 1 is 0.719 bits per heavy atom. The molecule has 32 heavy (non-hydrogen) atoms. The first-order chi connectivity index (χ1) is 15.7. The largest absolute Gasteiger partial charge is 0.291 e. The van der Waals surface area contributed by atoms with Gasteiger partial charge in [0.25, 0.3) is 0 Å². The van der Waals surface area contributed by atoms with Gasteiger partial charge in [0.05, 0.1) is 17.3 Å². The van der Waals surface area contributed by atoms with Crippen molar-refractivity contribution in [3.05, 3.63) is 124 Å². The van der Waals surface area contributed by atoms with Crippen molar-refractivity contribution in [2.45, 2.75) is 11.5 Å². The van der Waals surface area contributed by atoms with Gasteiger partial charge in [-0.3, -0.25) is 9.59 Å². The molecule has 1 unspecified atom stereocenters. The predicted molar refractivity (Wildman–Crippen MR) is 127 cm³/mol. The predicted octanol–water partition coefficient (Wildman–Crippen LogP) is 5.57. The third-order valence-corrected chi connectivity index (χ3v) is 7.18. The van der Waals surface area contributed by atoms with Crippen LogP contribution in [-0.2, 0) is 0 Å². The van der Waals surface area contributed by atoms with E-state index in [1.165, 1.54) is 0 Å². The zero-order chi connectivity index (χ0) is 21.7. The maximum absolute atomic E-state index is 14.2. The number of hydrogen-bond donors (Lipinski definition) is 0. The molecule has 0 N–H and O–H groups in total. The average Bonchev–Trinajstić information content (AvgIpc) is 3.55. The van der Waals surface area contributed by atoms with E-state index < -0.39 is 11.5 Å². The molecule has 1 aliphatic heterocycles. The first-order valence-electron chi connectivity index (χ1n) is 10.4. The molecule has 0 saturated carbocycles. The Morgan fingerprint density at radius 3 is 1.91 bits per heavy atom. The molecule has 1 spiro atoms. The number of rotatable bonds is 3. The highest BCUT2D eigenvalue weighted by molar-refractivity contribution is 7.10. The summed E-state index contributed by atoms with van der Waals surface area (Å²) in [5.74, 6) is -0.914. The molecule has 6 rings (SSSR count). The van der Waals surface area contributed by atoms with E-state index in [4.69, 9.17) is 5.10 Å². The molecule has 4 nitrogen and oxygen atoms in total. The van der Waals surface area contributed by atoms with Crippen LogP contribution in [0.1, 0.15) is 37.1 Å². The van der Waals surface area contributed by atoms with E-state index in [-0.39, 0.29) is 11.6 Å². The van der Waals surface area contributed by atoms with Crippen LogP contribution >= 0.6 is 11.3 Å². The van der Waals surface area contributed by atoms with Gasteiger partial charge >= 0.3 is 0 Å². The second kappa shape index (κ2) is 7.11. The van der Waals surface area contributed by atoms with Crippen LogP contribution in [0.25, 0.3) is 0 Å². The Bertz CT molecular complexity index is 1330. The number of carbonyl (C=O) groups is 2. The molecule has 0 saturated heterocycles. The van der Waals surface area contributed by atoms with Crippen molar-refractivity contribution in [2.75, 3.05) is 5.01 Å². The number of carbonyl (C=O) groups excluding carboxylic acids is 2. The van der Waals surface area contributed by atoms with Gasteiger partial charge in [0, 0.05) is 16.0 Å². The summed E-state index contributed by atoms with van der Waals surface area (Å²) < 4.78 is 0. The molecule has 154 valence electrons. The number of anilines is 1. The van der Waals surface area contributed by atoms with Crippen molar-refractivity contribution in [1.82, 2.24) is 0 Å². The number of nitrogens with zero attached hydrogens (tertiary/aromatic N) is 2. The first kappa shape index (κ1) is 18.9. The Balaban J connectivity index is 1.67. The fourth-order valence-electron chi connectivity index (χ4n) is 4.87. The zero-order valence-electron chi connectivity index (χ0n) is 17.0. The van der Waals surface area contributed by atoms with E-state index in [2.05, 4.69) is 0 Å². The highest BCUT2D eigenvalue weighted by Gasteiger charge is 2.66. The van der Waals surface area contributed by atoms with E-state index in [9.17, 15) is 9.59 Å². The molecule has 1 aromatic heterocycles. The molecule has 3 aromatic carbocycles. The summed E-state index contributed by atoms with van der Waals surface area (Å²) >= 11 is 1.55. The molecule has 0 fully saturated rings. The molecule has 5 heteroatoms. The molecule has 0 radical (unpaired) electrons. The third-order valence-electron chi connectivity index (χ3n) is 6.24. The van der Waals surface area contributed by atoms with E-state index in [0.29, 0.717) is 11.1 Å². The van der Waals surface area contributed by atoms with Gasteiger partial charge < -0.3 is 0 Å². The molecule has 1 atom stereocenters. The highest BCUT2D eigenvalue weighted by atomic mass is 32.1. The van der Waals surface area contributed by atoms with E-state index in [0.717, 1.165) is 21.8 Å². The standard InChI is InChI=1S/C27H18N2O2S/c30-25-20-14-7-8-15-21(20)26(31)27(25)23(22-16-9-17-32-22)24(18-10-3-1-4-11-18)28-29(27)19-12-5-2-6-13-19/h1-17,23H. The Hall–Kier alpha value is -3.83. The topological polar surface area (TPSA) is 49.7 Å². The SMILES string of the molecule is O=C1c2ccccc2C(=O)C12C(c1cccs1)C(c1ccccc1)=NN2c1ccccc1. The highest BCUT2D eigenvalue weighted by Crippen LogP contribution is 2.52. The molecule has 2 aliphatic rings. The number of hydrogen-bond acceptors (Lipinski definition) is 5. The lowest BCUT2D eigenvalue weighted by Crippen LogP contribution is -2.56. The van der Waals surface area contributed by atoms with Crippen LogP contribution < -0.4 is 5.01 Å². The number of thiophene rings is 1. The maximum atomic E-state index is 14.2. The quantitative estimate of drug-likeness (QED) is 0.396. The van der Waals surface area contributed by atoms with Gasteiger partial charge in [0.2, 0.25) is 5.54 Å². The van der Waals surface area contributed by atoms with Gasteiger partial charge in [-0.1, -0.05) is 78.9 Å². The van der Waals surface area contributed by atoms with Gasteiger partial charge in [0.1, 0.15) is 0 Å². The lowest BCUT2D eigenvalue weighted by atomic mass is 9.75. The van der Waals surface area contributed by atoms with Gasteiger partial charge in [-0.2, -0.15) is 5.10 Å². The smallest absolute Gasteiger partial charge is 0.201 e. The molecular weight excluding hydrogens is 416 g/mol. The monoisotopic (exact) mass is 434 g/mol. The van der Waals surface area contributed by atoms with Gasteiger partial charge in [0.15, 0.2) is 11.6 Å². The van der Waals surface area contributed by atoms with Crippen LogP contribution in [0.2, 0.25) is 0 Å². The molecule has 0 amide bonds. The molecule has 1 aliphatic carbocycles. The molecule has 2 heterocycles. The van der Waals surface area contributed by atoms with E-state index in [1.807, 2.05) is 90.3 Å². The second-order valence-corrected chi connectivity index (χ2v) is 8.90. The summed E-state index contributed by atoms with van der Waals surface area (Å²) in [7, 11) is 0. The summed E-state index contributed by atoms with van der Waals surface area (Å²) in [5, 5.41) is 8.65. The average molecular weight is 435 g/mol. The minimum Gasteiger partial charge on any atom is -0.291 e. The van der Waals surface area contributed by atoms with Crippen molar-refractivity contribution in [2.24, 2.45) is 5.10 Å². The number of benzene rings is 3. The Morgan fingerprint density at radius 2 is 1.31 bits per heavy atom. The summed E-state index contributed by atoms with van der Waals surface area (Å²) in [6.07, 6.45) is 0. The third kappa shape index (κ3) is 2.46. The van der Waals surface area contributed by atoms with Crippen LogP contribution in [0.15, 0.2) is 108 Å². The Labute approximate surface area is 189 Å². The van der Waals surface area contributed by atoms with E-state index >= 15 is 0 Å². The van der Waals surface area contributed by atoms with Gasteiger partial charge in [-0.25, -0.2) is 5.01 Å². The number of fused-ring (bicyclic) bond motifs is 1. The van der Waals surface area contributed by atoms with Crippen molar-refractivity contribution in [3.8, 4) is 0 Å². The number of ketones is 2. The second-order valence-electron chi connectivity index (χ2n) is 7.92. The number of hydrazone groups is 1. The van der Waals surface area contributed by atoms with Crippen LogP contribution in [0.5, 0.6) is 0 Å². The zero-order valence-corrected chi connectivity index (χ0v) is 17.8. The van der Waals surface area contributed by atoms with Crippen molar-refractivity contribution < 1.29 is 9.59 Å². The van der Waals surface area contributed by atoms with Crippen LogP contribution in [-0.4, -0.2) is 22.8 Å². The fourth-order valence-corrected chi connectivity index (χ4v) is 5.76. The summed E-state index contributed by atoms with van der Waals surface area (Å²) in [4.78, 5) is 29.3. The minimum absolute atomic E-state index is 0.199. The lowest BCUT2D eigenvalue weighted by Gasteiger charge is -2.35. The van der Waals surface area contributed by atoms with Crippen molar-refractivity contribution in [3.63, 3.8) is 0 Å². The van der Waals surface area contributed by atoms with Crippen LogP contribution in [0.3, 0.4) is 0 Å². The maximum Gasteiger partial charge on any atom is 0.201 e. The minimum atomic E-state index is -1.49. The van der Waals surface area contributed by atoms with E-state index in [1.54, 1.807) is 28.5 Å². The summed E-state index contributed by atoms with van der Waals surface area (Å²) in [6.45, 7) is 0. The number of para-hydroxylation sites is 1. The normalized spacial score (nSPS) is 18.8. The molecule has 4 aromatic rings. The van der Waals surface area contributed by atoms with Crippen LogP contribution in [0, 0.1) is 0 Å². The summed E-state index contributed by atoms with van der Waals surface area (Å²) in [5.41, 5.74) is 1.79. The van der Waals surface area contributed by atoms with Gasteiger partial charge in [-0.05, 0) is 29.1 Å². The van der Waals surface area contributed by atoms with Crippen molar-refractivity contribution >= 4 is 34.3 Å². The molecular formula is C27H18N2O2S. The number of Topliss-reactive ketones (excluding diaryl/α,β-unsaturated/α-hetero) is 2. The Kier molecular flexibility index (Phi) is 4.20. The fraction of sp³-hybridized carbons (Fsp3) is 0.0741. The lowest BCUT2D eigenvalue weighted by molar-refractivity contribution is 0.0792. The first-order valence-corrected chi connectivity index (χ1v) is 11.3. The van der Waals surface area contributed by atoms with Crippen LogP contribution in [0.4, 0.5) is 5.69 Å². The molecule has 0 bridgehead atoms. The van der Waals surface area contributed by atoms with Crippen molar-refractivity contribution in [1.29, 1.82) is 0 Å².